The van der Waals surface area contributed by atoms with E-state index in [0.29, 0.717) is 5.92 Å². The third kappa shape index (κ3) is 1.01. The summed E-state index contributed by atoms with van der Waals surface area (Å²) in [7, 11) is 0. The van der Waals surface area contributed by atoms with Crippen LogP contribution in [-0.2, 0) is 0 Å². The predicted molar refractivity (Wildman–Crippen MR) is 32.4 cm³/mol. The second kappa shape index (κ2) is 2.46. The molecule has 0 amide bonds. The van der Waals surface area contributed by atoms with Crippen LogP contribution in [0.1, 0.15) is 19.3 Å². The van der Waals surface area contributed by atoms with Crippen molar-refractivity contribution in [1.29, 1.82) is 0 Å². The van der Waals surface area contributed by atoms with Gasteiger partial charge in [0.15, 0.2) is 0 Å². The summed E-state index contributed by atoms with van der Waals surface area (Å²) in [6.07, 6.45) is 3.43. The van der Waals surface area contributed by atoms with Crippen molar-refractivity contribution >= 4 is 0 Å². The van der Waals surface area contributed by atoms with Crippen LogP contribution in [-0.4, -0.2) is 17.8 Å². The highest BCUT2D eigenvalue weighted by molar-refractivity contribution is 4.78. The van der Waals surface area contributed by atoms with Crippen molar-refractivity contribution < 1.29 is 5.11 Å². The third-order valence-corrected chi connectivity index (χ3v) is 1.95. The normalized spacial score (nSPS) is 38.2. The smallest absolute Gasteiger partial charge is 0.0474 e. The van der Waals surface area contributed by atoms with E-state index in [1.807, 2.05) is 0 Å². The van der Waals surface area contributed by atoms with Crippen molar-refractivity contribution in [3.8, 4) is 0 Å². The van der Waals surface area contributed by atoms with E-state index in [1.54, 1.807) is 0 Å². The SMILES string of the molecule is N[C@H]1CCC[C@@H]1CO. The Balaban J connectivity index is 2.30. The summed E-state index contributed by atoms with van der Waals surface area (Å²) in [5, 5.41) is 8.66. The Morgan fingerprint density at radius 1 is 1.50 bits per heavy atom. The number of hydrogen-bond donors (Lipinski definition) is 2. The van der Waals surface area contributed by atoms with Crippen molar-refractivity contribution in [3.63, 3.8) is 0 Å². The molecule has 1 fully saturated rings. The highest BCUT2D eigenvalue weighted by Gasteiger charge is 2.22. The molecule has 1 aliphatic carbocycles. The van der Waals surface area contributed by atoms with Gasteiger partial charge in [0.2, 0.25) is 0 Å². The molecular formula is C6H13NO. The fraction of sp³-hybridized carbons (Fsp3) is 1.00. The average Bonchev–Trinajstić information content (AvgIpc) is 2.14. The molecular weight excluding hydrogens is 102 g/mol. The lowest BCUT2D eigenvalue weighted by molar-refractivity contribution is 0.218. The van der Waals surface area contributed by atoms with Crippen LogP contribution in [0.5, 0.6) is 0 Å². The van der Waals surface area contributed by atoms with Crippen LogP contribution in [0.4, 0.5) is 0 Å². The van der Waals surface area contributed by atoms with Crippen LogP contribution in [0.2, 0.25) is 0 Å². The molecule has 2 atom stereocenters. The second-order valence-electron chi connectivity index (χ2n) is 2.54. The molecule has 2 heteroatoms. The van der Waals surface area contributed by atoms with E-state index >= 15 is 0 Å². The molecule has 0 saturated heterocycles. The molecule has 1 rings (SSSR count). The quantitative estimate of drug-likeness (QED) is 0.509. The highest BCUT2D eigenvalue weighted by atomic mass is 16.3. The summed E-state index contributed by atoms with van der Waals surface area (Å²) in [6.45, 7) is 0.279. The first-order chi connectivity index (χ1) is 3.84. The van der Waals surface area contributed by atoms with Crippen LogP contribution >= 0.6 is 0 Å². The van der Waals surface area contributed by atoms with Gasteiger partial charge in [0.1, 0.15) is 0 Å². The summed E-state index contributed by atoms with van der Waals surface area (Å²) in [5.74, 6) is 0.398. The number of rotatable bonds is 1. The number of aliphatic hydroxyl groups excluding tert-OH is 1. The Kier molecular flexibility index (Phi) is 1.86. The maximum atomic E-state index is 8.66. The summed E-state index contributed by atoms with van der Waals surface area (Å²) in [4.78, 5) is 0. The molecule has 0 radical (unpaired) electrons. The van der Waals surface area contributed by atoms with E-state index in [1.165, 1.54) is 6.42 Å². The maximum absolute atomic E-state index is 8.66. The van der Waals surface area contributed by atoms with Crippen LogP contribution < -0.4 is 5.73 Å². The van der Waals surface area contributed by atoms with Crippen LogP contribution in [0, 0.1) is 5.92 Å². The van der Waals surface area contributed by atoms with Crippen LogP contribution in [0.25, 0.3) is 0 Å². The second-order valence-corrected chi connectivity index (χ2v) is 2.54. The monoisotopic (exact) mass is 115 g/mol. The Labute approximate surface area is 49.7 Å². The van der Waals surface area contributed by atoms with E-state index in [0.717, 1.165) is 12.8 Å². The standard InChI is InChI=1S/C6H13NO/c7-6-3-1-2-5(6)4-8/h5-6,8H,1-4,7H2/t5-,6+/m1/s1. The van der Waals surface area contributed by atoms with Crippen LogP contribution in [0.3, 0.4) is 0 Å². The molecule has 1 saturated carbocycles. The molecule has 0 spiro atoms. The van der Waals surface area contributed by atoms with Gasteiger partial charge >= 0.3 is 0 Å². The van der Waals surface area contributed by atoms with Crippen LogP contribution in [0.15, 0.2) is 0 Å². The highest BCUT2D eigenvalue weighted by Crippen LogP contribution is 2.22. The van der Waals surface area contributed by atoms with Crippen molar-refractivity contribution in [1.82, 2.24) is 0 Å². The minimum absolute atomic E-state index is 0.278. The third-order valence-electron chi connectivity index (χ3n) is 1.95. The fourth-order valence-electron chi connectivity index (χ4n) is 1.29. The molecule has 0 heterocycles. The molecule has 0 unspecified atom stereocenters. The molecule has 0 aromatic rings. The molecule has 48 valence electrons. The Bertz CT molecular complexity index is 74.9. The van der Waals surface area contributed by atoms with Crippen molar-refractivity contribution in [2.45, 2.75) is 25.3 Å². The molecule has 0 bridgehead atoms. The summed E-state index contributed by atoms with van der Waals surface area (Å²) in [6, 6.07) is 0.278. The van der Waals surface area contributed by atoms with Crippen molar-refractivity contribution in [3.05, 3.63) is 0 Å². The zero-order valence-corrected chi connectivity index (χ0v) is 5.01. The number of nitrogens with two attached hydrogens (primary N) is 1. The van der Waals surface area contributed by atoms with Gasteiger partial charge in [-0.15, -0.1) is 0 Å². The van der Waals surface area contributed by atoms with Gasteiger partial charge in [-0.1, -0.05) is 6.42 Å². The molecule has 1 aliphatic rings. The van der Waals surface area contributed by atoms with E-state index in [-0.39, 0.29) is 12.6 Å². The minimum atomic E-state index is 0.278. The molecule has 0 aromatic carbocycles. The first-order valence-electron chi connectivity index (χ1n) is 3.21. The molecule has 2 nitrogen and oxygen atoms in total. The maximum Gasteiger partial charge on any atom is 0.0474 e. The lowest BCUT2D eigenvalue weighted by Crippen LogP contribution is -2.26. The Morgan fingerprint density at radius 2 is 2.25 bits per heavy atom. The van der Waals surface area contributed by atoms with Gasteiger partial charge < -0.3 is 10.8 Å². The van der Waals surface area contributed by atoms with Gasteiger partial charge in [0.25, 0.3) is 0 Å². The van der Waals surface area contributed by atoms with Gasteiger partial charge in [0, 0.05) is 12.6 Å². The zero-order valence-electron chi connectivity index (χ0n) is 5.01. The van der Waals surface area contributed by atoms with E-state index in [9.17, 15) is 0 Å². The first kappa shape index (κ1) is 6.05. The predicted octanol–water partition coefficient (Wildman–Crippen LogP) is 0.106. The molecule has 8 heavy (non-hydrogen) atoms. The fourth-order valence-corrected chi connectivity index (χ4v) is 1.29. The molecule has 0 aliphatic heterocycles. The first-order valence-corrected chi connectivity index (χ1v) is 3.21. The number of hydrogen-bond acceptors (Lipinski definition) is 2. The van der Waals surface area contributed by atoms with Gasteiger partial charge in [-0.05, 0) is 18.8 Å². The molecule has 0 aromatic heterocycles. The van der Waals surface area contributed by atoms with E-state index in [2.05, 4.69) is 0 Å². The lowest BCUT2D eigenvalue weighted by atomic mass is 10.1. The van der Waals surface area contributed by atoms with Gasteiger partial charge in [0.05, 0.1) is 0 Å². The lowest BCUT2D eigenvalue weighted by Gasteiger charge is -2.09. The average molecular weight is 115 g/mol. The minimum Gasteiger partial charge on any atom is -0.396 e. The van der Waals surface area contributed by atoms with Crippen molar-refractivity contribution in [2.75, 3.05) is 6.61 Å². The van der Waals surface area contributed by atoms with E-state index < -0.39 is 0 Å². The van der Waals surface area contributed by atoms with E-state index in [4.69, 9.17) is 10.8 Å². The molecule has 3 N–H and O–H groups in total. The van der Waals surface area contributed by atoms with Crippen molar-refractivity contribution in [2.24, 2.45) is 11.7 Å². The summed E-state index contributed by atoms with van der Waals surface area (Å²) >= 11 is 0. The zero-order chi connectivity index (χ0) is 5.98. The van der Waals surface area contributed by atoms with Gasteiger partial charge in [-0.3, -0.25) is 0 Å². The topological polar surface area (TPSA) is 46.2 Å². The van der Waals surface area contributed by atoms with Gasteiger partial charge in [-0.2, -0.15) is 0 Å². The Morgan fingerprint density at radius 3 is 2.50 bits per heavy atom. The van der Waals surface area contributed by atoms with Gasteiger partial charge in [-0.25, -0.2) is 0 Å². The largest absolute Gasteiger partial charge is 0.396 e. The Hall–Kier alpha value is -0.0800. The summed E-state index contributed by atoms with van der Waals surface area (Å²) in [5.41, 5.74) is 5.63. The number of aliphatic hydroxyl groups is 1. The summed E-state index contributed by atoms with van der Waals surface area (Å²) < 4.78 is 0.